The van der Waals surface area contributed by atoms with Crippen molar-refractivity contribution in [1.82, 2.24) is 14.7 Å². The molecule has 2 aromatic rings. The lowest BCUT2D eigenvalue weighted by Crippen LogP contribution is -2.38. The van der Waals surface area contributed by atoms with Crippen LogP contribution in [0.4, 0.5) is 4.39 Å². The van der Waals surface area contributed by atoms with Gasteiger partial charge in [0.25, 0.3) is 0 Å². The van der Waals surface area contributed by atoms with Crippen LogP contribution in [0.1, 0.15) is 55.8 Å². The van der Waals surface area contributed by atoms with Crippen molar-refractivity contribution in [3.63, 3.8) is 0 Å². The first-order chi connectivity index (χ1) is 15.4. The summed E-state index contributed by atoms with van der Waals surface area (Å²) in [6, 6.07) is 6.35. The Balaban J connectivity index is 1.45. The smallest absolute Gasteiger partial charge is 0.306 e. The van der Waals surface area contributed by atoms with Gasteiger partial charge in [-0.25, -0.2) is 4.39 Å². The van der Waals surface area contributed by atoms with Gasteiger partial charge >= 0.3 is 5.97 Å². The predicted octanol–water partition coefficient (Wildman–Crippen LogP) is 3.64. The van der Waals surface area contributed by atoms with Crippen molar-refractivity contribution in [2.45, 2.75) is 58.5 Å². The monoisotopic (exact) mass is 443 g/mol. The SMILES string of the molecule is CCOc1nn(Cc2ccc(F)cc2)c2c1CCN(C(=O)CC1CCC(C(=O)O)CC1)C2. The normalized spacial score (nSPS) is 20.6. The van der Waals surface area contributed by atoms with Gasteiger partial charge in [0.15, 0.2) is 0 Å². The molecule has 7 nitrogen and oxygen atoms in total. The van der Waals surface area contributed by atoms with Gasteiger partial charge in [0.2, 0.25) is 11.8 Å². The fraction of sp³-hybridized carbons (Fsp3) is 0.542. The summed E-state index contributed by atoms with van der Waals surface area (Å²) in [6.45, 7) is 4.01. The van der Waals surface area contributed by atoms with E-state index in [1.807, 2.05) is 16.5 Å². The van der Waals surface area contributed by atoms with E-state index in [-0.39, 0.29) is 23.6 Å². The lowest BCUT2D eigenvalue weighted by molar-refractivity contribution is -0.143. The van der Waals surface area contributed by atoms with E-state index < -0.39 is 5.97 Å². The number of hydrogen-bond donors (Lipinski definition) is 1. The maximum Gasteiger partial charge on any atom is 0.306 e. The maximum atomic E-state index is 13.3. The second-order valence-electron chi connectivity index (χ2n) is 8.77. The van der Waals surface area contributed by atoms with Crippen molar-refractivity contribution in [3.8, 4) is 5.88 Å². The van der Waals surface area contributed by atoms with Gasteiger partial charge in [0.1, 0.15) is 5.82 Å². The molecule has 4 rings (SSSR count). The molecule has 1 aliphatic heterocycles. The number of fused-ring (bicyclic) bond motifs is 1. The van der Waals surface area contributed by atoms with Gasteiger partial charge in [-0.2, -0.15) is 0 Å². The fourth-order valence-corrected chi connectivity index (χ4v) is 4.79. The third-order valence-electron chi connectivity index (χ3n) is 6.64. The number of halogens is 1. The molecule has 8 heteroatoms. The molecule has 2 aliphatic rings. The second-order valence-corrected chi connectivity index (χ2v) is 8.77. The van der Waals surface area contributed by atoms with Crippen molar-refractivity contribution in [1.29, 1.82) is 0 Å². The van der Waals surface area contributed by atoms with E-state index in [2.05, 4.69) is 5.10 Å². The van der Waals surface area contributed by atoms with Crippen molar-refractivity contribution in [2.75, 3.05) is 13.2 Å². The number of aromatic nitrogens is 2. The number of ether oxygens (including phenoxy) is 1. The van der Waals surface area contributed by atoms with E-state index in [1.54, 1.807) is 12.1 Å². The molecule has 0 radical (unpaired) electrons. The number of aliphatic carboxylic acids is 1. The molecular weight excluding hydrogens is 413 g/mol. The van der Waals surface area contributed by atoms with Crippen LogP contribution in [0.15, 0.2) is 24.3 Å². The molecular formula is C24H30FN3O4. The zero-order valence-electron chi connectivity index (χ0n) is 18.4. The predicted molar refractivity (Wildman–Crippen MR) is 116 cm³/mol. The molecule has 32 heavy (non-hydrogen) atoms. The number of amides is 1. The second kappa shape index (κ2) is 9.71. The molecule has 1 amide bonds. The Morgan fingerprint density at radius 2 is 1.91 bits per heavy atom. The number of carbonyl (C=O) groups excluding carboxylic acids is 1. The molecule has 2 heterocycles. The quantitative estimate of drug-likeness (QED) is 0.706. The third-order valence-corrected chi connectivity index (χ3v) is 6.64. The van der Waals surface area contributed by atoms with Crippen LogP contribution in [0, 0.1) is 17.7 Å². The van der Waals surface area contributed by atoms with E-state index in [4.69, 9.17) is 4.74 Å². The van der Waals surface area contributed by atoms with Gasteiger partial charge in [0, 0.05) is 18.5 Å². The van der Waals surface area contributed by atoms with Crippen LogP contribution < -0.4 is 4.74 Å². The van der Waals surface area contributed by atoms with Crippen LogP contribution >= 0.6 is 0 Å². The minimum atomic E-state index is -0.724. The van der Waals surface area contributed by atoms with E-state index in [9.17, 15) is 19.1 Å². The number of carboxylic acid groups (broad SMARTS) is 1. The summed E-state index contributed by atoms with van der Waals surface area (Å²) < 4.78 is 20.9. The summed E-state index contributed by atoms with van der Waals surface area (Å²) in [5.74, 6) is -0.289. The van der Waals surface area contributed by atoms with Crippen LogP contribution in [0.3, 0.4) is 0 Å². The summed E-state index contributed by atoms with van der Waals surface area (Å²) in [5.41, 5.74) is 2.94. The Kier molecular flexibility index (Phi) is 6.77. The van der Waals surface area contributed by atoms with Gasteiger partial charge in [0.05, 0.1) is 31.3 Å². The van der Waals surface area contributed by atoms with Crippen LogP contribution in [0.25, 0.3) is 0 Å². The highest BCUT2D eigenvalue weighted by Gasteiger charge is 2.31. The third kappa shape index (κ3) is 4.95. The highest BCUT2D eigenvalue weighted by atomic mass is 19.1. The molecule has 1 fully saturated rings. The summed E-state index contributed by atoms with van der Waals surface area (Å²) in [4.78, 5) is 26.1. The highest BCUT2D eigenvalue weighted by molar-refractivity contribution is 5.77. The van der Waals surface area contributed by atoms with Gasteiger partial charge in [-0.3, -0.25) is 14.3 Å². The Morgan fingerprint density at radius 3 is 2.56 bits per heavy atom. The lowest BCUT2D eigenvalue weighted by Gasteiger charge is -2.31. The number of carbonyl (C=O) groups is 2. The first kappa shape index (κ1) is 22.3. The Morgan fingerprint density at radius 1 is 1.19 bits per heavy atom. The molecule has 0 atom stereocenters. The standard InChI is InChI=1S/C24H30FN3O4/c1-2-32-23-20-11-12-27(22(29)13-16-3-7-18(8-4-16)24(30)31)15-21(20)28(26-23)14-17-5-9-19(25)10-6-17/h5-6,9-10,16,18H,2-4,7-8,11-15H2,1H3,(H,30,31). The van der Waals surface area contributed by atoms with Crippen molar-refractivity contribution in [2.24, 2.45) is 11.8 Å². The molecule has 0 spiro atoms. The minimum absolute atomic E-state index is 0.113. The van der Waals surface area contributed by atoms with Crippen LogP contribution in [0.5, 0.6) is 5.88 Å². The fourth-order valence-electron chi connectivity index (χ4n) is 4.79. The van der Waals surface area contributed by atoms with E-state index in [1.165, 1.54) is 12.1 Å². The molecule has 1 N–H and O–H groups in total. The minimum Gasteiger partial charge on any atom is -0.481 e. The first-order valence-electron chi connectivity index (χ1n) is 11.4. The van der Waals surface area contributed by atoms with Crippen molar-refractivity contribution in [3.05, 3.63) is 46.9 Å². The number of benzene rings is 1. The summed E-state index contributed by atoms with van der Waals surface area (Å²) in [6.07, 6.45) is 4.04. The maximum absolute atomic E-state index is 13.3. The summed E-state index contributed by atoms with van der Waals surface area (Å²) in [5, 5.41) is 13.8. The van der Waals surface area contributed by atoms with Gasteiger partial charge in [-0.15, -0.1) is 5.10 Å². The molecule has 1 saturated carbocycles. The van der Waals surface area contributed by atoms with E-state index in [0.29, 0.717) is 57.8 Å². The molecule has 1 aliphatic carbocycles. The number of rotatable bonds is 7. The number of carboxylic acids is 1. The van der Waals surface area contributed by atoms with Crippen LogP contribution in [-0.4, -0.2) is 44.8 Å². The lowest BCUT2D eigenvalue weighted by atomic mass is 9.80. The topological polar surface area (TPSA) is 84.7 Å². The van der Waals surface area contributed by atoms with Crippen LogP contribution in [-0.2, 0) is 29.1 Å². The Hall–Kier alpha value is -2.90. The van der Waals surface area contributed by atoms with Gasteiger partial charge in [-0.05, 0) is 62.6 Å². The molecule has 172 valence electrons. The number of nitrogens with zero attached hydrogens (tertiary/aromatic N) is 3. The molecule has 0 bridgehead atoms. The van der Waals surface area contributed by atoms with Gasteiger partial charge < -0.3 is 14.7 Å². The molecule has 0 unspecified atom stereocenters. The van der Waals surface area contributed by atoms with Crippen LogP contribution in [0.2, 0.25) is 0 Å². The molecule has 0 saturated heterocycles. The first-order valence-corrected chi connectivity index (χ1v) is 11.4. The molecule has 1 aromatic carbocycles. The zero-order chi connectivity index (χ0) is 22.7. The highest BCUT2D eigenvalue weighted by Crippen LogP contribution is 2.33. The number of hydrogen-bond acceptors (Lipinski definition) is 4. The van der Waals surface area contributed by atoms with Crippen molar-refractivity contribution >= 4 is 11.9 Å². The van der Waals surface area contributed by atoms with Gasteiger partial charge in [-0.1, -0.05) is 12.1 Å². The van der Waals surface area contributed by atoms with E-state index >= 15 is 0 Å². The zero-order valence-corrected chi connectivity index (χ0v) is 18.4. The largest absolute Gasteiger partial charge is 0.481 e. The Bertz CT molecular complexity index is 964. The van der Waals surface area contributed by atoms with Crippen molar-refractivity contribution < 1.29 is 23.8 Å². The Labute approximate surface area is 187 Å². The average molecular weight is 444 g/mol. The summed E-state index contributed by atoms with van der Waals surface area (Å²) in [7, 11) is 0. The average Bonchev–Trinajstić information content (AvgIpc) is 3.12. The summed E-state index contributed by atoms with van der Waals surface area (Å²) >= 11 is 0. The van der Waals surface area contributed by atoms with E-state index in [0.717, 1.165) is 29.7 Å². The molecule has 1 aromatic heterocycles.